The molecule has 0 aliphatic heterocycles. The summed E-state index contributed by atoms with van der Waals surface area (Å²) in [5.41, 5.74) is -6.12. The van der Waals surface area contributed by atoms with Gasteiger partial charge in [0.2, 0.25) is 0 Å². The van der Waals surface area contributed by atoms with E-state index < -0.39 is 90.1 Å². The summed E-state index contributed by atoms with van der Waals surface area (Å²) < 4.78 is 127. The van der Waals surface area contributed by atoms with Gasteiger partial charge in [0.05, 0.1) is 11.0 Å². The van der Waals surface area contributed by atoms with Crippen molar-refractivity contribution in [2.24, 2.45) is 0 Å². The molecule has 88 valence electrons. The van der Waals surface area contributed by atoms with Crippen molar-refractivity contribution in [1.29, 1.82) is 2.86 Å². The molecule has 0 spiro atoms. The van der Waals surface area contributed by atoms with Crippen LogP contribution in [0.1, 0.15) is 44.0 Å². The van der Waals surface area contributed by atoms with Crippen LogP contribution in [0.5, 0.6) is 11.5 Å². The zero-order valence-electron chi connectivity index (χ0n) is 24.3. The van der Waals surface area contributed by atoms with Crippen molar-refractivity contribution >= 4 is 0 Å². The van der Waals surface area contributed by atoms with Crippen LogP contribution in [-0.4, -0.2) is 13.1 Å². The summed E-state index contributed by atoms with van der Waals surface area (Å²) in [6, 6.07) is -9.10. The molecule has 0 aliphatic carbocycles. The molecule has 0 atom stereocenters. The second-order valence-electron chi connectivity index (χ2n) is 3.16. The smallest absolute Gasteiger partial charge is 0.293 e. The average Bonchev–Trinajstić information content (AvgIpc) is 2.68. The summed E-state index contributed by atoms with van der Waals surface area (Å²) in [5.74, 6) is -1.96. The maximum atomic E-state index is 8.28. The summed E-state index contributed by atoms with van der Waals surface area (Å²) in [7, 11) is 0. The van der Waals surface area contributed by atoms with Crippen molar-refractivity contribution < 1.29 is 29.4 Å². The first-order chi connectivity index (χ1) is 14.9. The minimum Gasteiger partial charge on any atom is -0.508 e. The van der Waals surface area contributed by atoms with E-state index in [4.69, 9.17) is 22.1 Å². The van der Waals surface area contributed by atoms with Crippen molar-refractivity contribution in [3.05, 3.63) is 59.5 Å². The monoisotopic (exact) mass is 244 g/mol. The average molecular weight is 244 g/mol. The molecule has 2 N–H and O–H groups in total. The number of hydrogen-bond donors (Lipinski definition) is 2. The summed E-state index contributed by atoms with van der Waals surface area (Å²) in [4.78, 5) is 0. The SMILES string of the molecule is [2H]Oc1c([2H])c([2H])c(C(c2c([2H])c([2H])c([2H])c(O[2H])c2[2H])(C([2H])([2H])[2H])C([2H])([2H])[2H])c([2H])c1[2H]. The Morgan fingerprint density at radius 3 is 2.41 bits per heavy atom. The second kappa shape index (κ2) is 4.13. The first-order valence-corrected chi connectivity index (χ1v) is 4.41. The fourth-order valence-corrected chi connectivity index (χ4v) is 1.13. The molecule has 2 aromatic rings. The Kier molecular flexibility index (Phi) is 0.702. The Bertz CT molecular complexity index is 1060. The number of hydrogen-bond acceptors (Lipinski definition) is 2. The molecule has 0 saturated heterocycles. The minimum atomic E-state index is -3.78. The number of rotatable bonds is 4. The predicted octanol–water partition coefficient (Wildman–Crippen LogP) is 3.42. The van der Waals surface area contributed by atoms with Crippen LogP contribution in [0.3, 0.4) is 0 Å². The molecule has 0 heterocycles. The normalized spacial score (nSPS) is 25.9. The van der Waals surface area contributed by atoms with Gasteiger partial charge in [-0.3, -0.25) is 0 Å². The molecule has 17 heavy (non-hydrogen) atoms. The maximum Gasteiger partial charge on any atom is 0.293 e. The van der Waals surface area contributed by atoms with Crippen molar-refractivity contribution in [3.8, 4) is 11.5 Å². The Morgan fingerprint density at radius 1 is 1.00 bits per heavy atom. The van der Waals surface area contributed by atoms with Gasteiger partial charge >= 0.3 is 0 Å². The Morgan fingerprint density at radius 2 is 1.76 bits per heavy atom. The van der Waals surface area contributed by atoms with E-state index in [2.05, 4.69) is 10.2 Å². The van der Waals surface area contributed by atoms with Gasteiger partial charge in [-0.15, -0.1) is 0 Å². The summed E-state index contributed by atoms with van der Waals surface area (Å²) in [5, 5.41) is 8.23. The molecule has 0 aliphatic rings. The lowest BCUT2D eigenvalue weighted by Crippen LogP contribution is -2.18. The Labute approximate surface area is 124 Å². The fourth-order valence-electron chi connectivity index (χ4n) is 1.13. The van der Waals surface area contributed by atoms with E-state index in [9.17, 15) is 0 Å². The Hall–Kier alpha value is -1.96. The molecule has 2 heteroatoms. The van der Waals surface area contributed by atoms with Crippen LogP contribution in [0.2, 0.25) is 0 Å². The Balaban J connectivity index is 3.41. The summed E-state index contributed by atoms with van der Waals surface area (Å²) in [6.07, 6.45) is 0. The van der Waals surface area contributed by atoms with E-state index in [0.29, 0.717) is 0 Å². The van der Waals surface area contributed by atoms with E-state index in [1.165, 1.54) is 0 Å². The highest BCUT2D eigenvalue weighted by atomic mass is 16.3. The molecule has 0 radical (unpaired) electrons. The molecule has 0 saturated carbocycles. The molecule has 0 aromatic heterocycles. The van der Waals surface area contributed by atoms with Crippen LogP contribution in [0.4, 0.5) is 0 Å². The minimum absolute atomic E-state index is 0.922. The third-order valence-corrected chi connectivity index (χ3v) is 1.95. The second-order valence-corrected chi connectivity index (χ2v) is 3.16. The van der Waals surface area contributed by atoms with Gasteiger partial charge in [0.1, 0.15) is 11.5 Å². The third kappa shape index (κ3) is 2.26. The van der Waals surface area contributed by atoms with E-state index in [1.807, 2.05) is 0 Å². The van der Waals surface area contributed by atoms with Crippen molar-refractivity contribution in [3.63, 3.8) is 0 Å². The van der Waals surface area contributed by atoms with Crippen molar-refractivity contribution in [1.82, 2.24) is 0 Å². The molecule has 0 fully saturated rings. The van der Waals surface area contributed by atoms with Gasteiger partial charge in [0.15, 0.2) is 0 Å². The predicted molar refractivity (Wildman–Crippen MR) is 68.3 cm³/mol. The van der Waals surface area contributed by atoms with Crippen molar-refractivity contribution in [2.75, 3.05) is 0 Å². The van der Waals surface area contributed by atoms with E-state index >= 15 is 0 Å². The highest BCUT2D eigenvalue weighted by Gasteiger charge is 2.23. The van der Waals surface area contributed by atoms with Gasteiger partial charge in [0, 0.05) is 13.6 Å². The summed E-state index contributed by atoms with van der Waals surface area (Å²) in [6.45, 7) is -7.57. The summed E-state index contributed by atoms with van der Waals surface area (Å²) >= 11 is 0. The molecule has 2 rings (SSSR count). The van der Waals surface area contributed by atoms with Crippen molar-refractivity contribution in [2.45, 2.75) is 19.1 Å². The zero-order valence-corrected chi connectivity index (χ0v) is 8.32. The van der Waals surface area contributed by atoms with Crippen LogP contribution in [0.25, 0.3) is 0 Å². The first-order valence-electron chi connectivity index (χ1n) is 12.2. The van der Waals surface area contributed by atoms with E-state index in [1.54, 1.807) is 0 Å². The zero-order chi connectivity index (χ0) is 25.8. The quantitative estimate of drug-likeness (QED) is 0.865. The number of benzene rings is 2. The van der Waals surface area contributed by atoms with Crippen LogP contribution >= 0.6 is 0 Å². The molecule has 0 amide bonds. The number of phenolic OH excluding ortho intramolecular Hbond substituents is 2. The maximum absolute atomic E-state index is 8.28. The molecule has 0 bridgehead atoms. The fraction of sp³-hybridized carbons (Fsp3) is 0.200. The molecule has 2 aromatic carbocycles. The largest absolute Gasteiger partial charge is 0.508 e. The number of aromatic hydroxyl groups is 2. The highest BCUT2D eigenvalue weighted by molar-refractivity contribution is 5.42. The highest BCUT2D eigenvalue weighted by Crippen LogP contribution is 2.33. The van der Waals surface area contributed by atoms with Gasteiger partial charge in [-0.1, -0.05) is 37.9 Å². The van der Waals surface area contributed by atoms with Gasteiger partial charge < -0.3 is 10.2 Å². The topological polar surface area (TPSA) is 40.5 Å². The number of phenols is 2. The molecular formula is C15H16O2. The van der Waals surface area contributed by atoms with Gasteiger partial charge in [-0.05, 0) is 35.3 Å². The van der Waals surface area contributed by atoms with Crippen LogP contribution in [0, 0.1) is 0 Å². The first kappa shape index (κ1) is 2.89. The van der Waals surface area contributed by atoms with Gasteiger partial charge in [0.25, 0.3) is 2.86 Å². The molecular weight excluding hydrogens is 212 g/mol. The standard InChI is InChI=1S/C15H16O2/c1-15(2,11-6-8-13(16)9-7-11)12-4-3-5-14(17)10-12/h3-10,16-17H,1-2H3/i1D3,2D3,3D,4D,5D,6D,7D,8D,9D,10D/hD2. The lowest BCUT2D eigenvalue weighted by molar-refractivity contribution is 0.471. The van der Waals surface area contributed by atoms with Crippen LogP contribution in [0.15, 0.2) is 48.3 Å². The van der Waals surface area contributed by atoms with E-state index in [0.717, 1.165) is 0 Å². The van der Waals surface area contributed by atoms with Gasteiger partial charge in [-0.25, -0.2) is 0 Å². The molecule has 0 unspecified atom stereocenters. The third-order valence-electron chi connectivity index (χ3n) is 1.95. The molecule has 2 nitrogen and oxygen atoms in total. The lowest BCUT2D eigenvalue weighted by Gasteiger charge is -2.26. The lowest BCUT2D eigenvalue weighted by atomic mass is 9.78. The van der Waals surface area contributed by atoms with Gasteiger partial charge in [-0.2, -0.15) is 0 Å². The van der Waals surface area contributed by atoms with E-state index in [-0.39, 0.29) is 0 Å². The van der Waals surface area contributed by atoms with Crippen LogP contribution < -0.4 is 0 Å². The van der Waals surface area contributed by atoms with Crippen LogP contribution in [-0.2, 0) is 5.41 Å².